The Morgan fingerprint density at radius 3 is 2.63 bits per heavy atom. The molecule has 4 N–H and O–H groups in total. The van der Waals surface area contributed by atoms with E-state index in [4.69, 9.17) is 5.73 Å². The van der Waals surface area contributed by atoms with Gasteiger partial charge in [-0.3, -0.25) is 4.79 Å². The predicted molar refractivity (Wildman–Crippen MR) is 124 cm³/mol. The normalized spacial score (nSPS) is 15.6. The van der Waals surface area contributed by atoms with E-state index in [-0.39, 0.29) is 35.9 Å². The number of piperidine rings is 1. The molecule has 1 saturated heterocycles. The van der Waals surface area contributed by atoms with Gasteiger partial charge in [-0.25, -0.2) is 27.2 Å². The molecular weight excluding hydrogens is 465 g/mol. The number of alkyl halides is 2. The molecule has 4 aromatic rings. The number of likely N-dealkylation sites (tertiary alicyclic amines) is 1. The van der Waals surface area contributed by atoms with Crippen LogP contribution in [-0.2, 0) is 0 Å². The maximum atomic E-state index is 14.7. The summed E-state index contributed by atoms with van der Waals surface area (Å²) >= 11 is 0. The second-order valence-corrected chi connectivity index (χ2v) is 8.13. The first kappa shape index (κ1) is 24.2. The molecule has 0 aromatic carbocycles. The summed E-state index contributed by atoms with van der Waals surface area (Å²) in [5, 5.41) is 13.5. The van der Waals surface area contributed by atoms with Crippen molar-refractivity contribution < 1.29 is 18.0 Å². The molecule has 11 nitrogen and oxygen atoms in total. The van der Waals surface area contributed by atoms with Crippen LogP contribution in [0.15, 0.2) is 24.7 Å². The zero-order valence-electron chi connectivity index (χ0n) is 19.4. The fourth-order valence-corrected chi connectivity index (χ4v) is 3.95. The number of nitrogen functional groups attached to an aromatic ring is 1. The third-order valence-corrected chi connectivity index (χ3v) is 5.52. The minimum atomic E-state index is -2.42. The summed E-state index contributed by atoms with van der Waals surface area (Å²) in [6.45, 7) is 0.753. The Bertz CT molecular complexity index is 1380. The minimum Gasteiger partial charge on any atom is -0.371 e. The highest BCUT2D eigenvalue weighted by Crippen LogP contribution is 2.32. The number of halogens is 3. The highest BCUT2D eigenvalue weighted by atomic mass is 19.3. The Labute approximate surface area is 198 Å². The van der Waals surface area contributed by atoms with Gasteiger partial charge in [0.2, 0.25) is 5.95 Å². The van der Waals surface area contributed by atoms with Gasteiger partial charge in [-0.1, -0.05) is 0 Å². The van der Waals surface area contributed by atoms with Gasteiger partial charge in [0, 0.05) is 26.7 Å². The Balaban J connectivity index is 0.000000271. The molecule has 5 rings (SSSR count). The standard InChI is InChI=1S/C15H14FN9O.C6H11F2N/c1-18-12-11-10(8(16)6-25(11)23-15(17)22-12)9-3-4-24-13(21-9)7(5-20-24)14(26)19-2;1-9-4-2-3-6(7,8)5-9/h3-6H,1-2H3,(H,19,26)(H3,17,18,22,23);2-5H2,1H3. The van der Waals surface area contributed by atoms with Crippen molar-refractivity contribution >= 4 is 28.8 Å². The molecule has 0 radical (unpaired) electrons. The van der Waals surface area contributed by atoms with E-state index in [0.29, 0.717) is 29.1 Å². The van der Waals surface area contributed by atoms with Gasteiger partial charge in [-0.15, -0.1) is 5.10 Å². The Kier molecular flexibility index (Phi) is 6.47. The molecule has 1 fully saturated rings. The van der Waals surface area contributed by atoms with Crippen molar-refractivity contribution in [1.82, 2.24) is 39.4 Å². The van der Waals surface area contributed by atoms with Gasteiger partial charge >= 0.3 is 0 Å². The number of aromatic nitrogens is 6. The molecule has 0 saturated carbocycles. The SMILES string of the molecule is CN1CCCC(F)(F)C1.CNC(=O)c1cnn2ccc(-c3c(F)cn4nc(N)nc(NC)c34)nc12. The van der Waals surface area contributed by atoms with E-state index in [1.807, 2.05) is 0 Å². The third-order valence-electron chi connectivity index (χ3n) is 5.52. The lowest BCUT2D eigenvalue weighted by molar-refractivity contribution is -0.0571. The van der Waals surface area contributed by atoms with Crippen LogP contribution in [0.1, 0.15) is 23.2 Å². The lowest BCUT2D eigenvalue weighted by Crippen LogP contribution is -2.39. The van der Waals surface area contributed by atoms with Crippen LogP contribution in [0.5, 0.6) is 0 Å². The molecule has 4 aromatic heterocycles. The first-order valence-electron chi connectivity index (χ1n) is 10.8. The van der Waals surface area contributed by atoms with Crippen LogP contribution in [0, 0.1) is 5.82 Å². The van der Waals surface area contributed by atoms with Gasteiger partial charge < -0.3 is 21.3 Å². The molecule has 0 bridgehead atoms. The van der Waals surface area contributed by atoms with Crippen LogP contribution in [0.25, 0.3) is 22.4 Å². The van der Waals surface area contributed by atoms with Crippen LogP contribution in [0.4, 0.5) is 24.9 Å². The molecular formula is C21H25F3N10O. The first-order chi connectivity index (χ1) is 16.6. The van der Waals surface area contributed by atoms with Gasteiger partial charge in [-0.05, 0) is 26.1 Å². The van der Waals surface area contributed by atoms with Crippen molar-refractivity contribution in [3.8, 4) is 11.3 Å². The molecule has 1 amide bonds. The molecule has 14 heteroatoms. The molecule has 35 heavy (non-hydrogen) atoms. The highest BCUT2D eigenvalue weighted by molar-refractivity contribution is 6.00. The van der Waals surface area contributed by atoms with Crippen LogP contribution >= 0.6 is 0 Å². The van der Waals surface area contributed by atoms with Crippen LogP contribution in [0.3, 0.4) is 0 Å². The minimum absolute atomic E-state index is 0.00417. The smallest absolute Gasteiger partial charge is 0.260 e. The summed E-state index contributed by atoms with van der Waals surface area (Å²) in [6.07, 6.45) is 4.90. The van der Waals surface area contributed by atoms with Crippen molar-refractivity contribution in [3.05, 3.63) is 36.0 Å². The van der Waals surface area contributed by atoms with E-state index in [9.17, 15) is 18.0 Å². The number of carbonyl (C=O) groups excluding carboxylic acids is 1. The Hall–Kier alpha value is -3.94. The van der Waals surface area contributed by atoms with Gasteiger partial charge in [-0.2, -0.15) is 10.1 Å². The van der Waals surface area contributed by atoms with Gasteiger partial charge in [0.05, 0.1) is 30.2 Å². The second-order valence-electron chi connectivity index (χ2n) is 8.13. The number of hydrogen-bond acceptors (Lipinski definition) is 8. The highest BCUT2D eigenvalue weighted by Gasteiger charge is 2.33. The third kappa shape index (κ3) is 4.82. The molecule has 0 atom stereocenters. The van der Waals surface area contributed by atoms with Crippen molar-refractivity contribution in [2.75, 3.05) is 45.3 Å². The van der Waals surface area contributed by atoms with Gasteiger partial charge in [0.1, 0.15) is 11.1 Å². The number of amides is 1. The van der Waals surface area contributed by atoms with Crippen LogP contribution in [0.2, 0.25) is 0 Å². The monoisotopic (exact) mass is 490 g/mol. The summed E-state index contributed by atoms with van der Waals surface area (Å²) in [5.74, 6) is -2.94. The molecule has 0 spiro atoms. The topological polar surface area (TPSA) is 131 Å². The number of nitrogens with two attached hydrogens (primary N) is 1. The summed E-state index contributed by atoms with van der Waals surface area (Å²) < 4.78 is 42.3. The summed E-state index contributed by atoms with van der Waals surface area (Å²) in [7, 11) is 4.89. The lowest BCUT2D eigenvalue weighted by atomic mass is 10.1. The number of nitrogens with zero attached hydrogens (tertiary/aromatic N) is 7. The predicted octanol–water partition coefficient (Wildman–Crippen LogP) is 1.91. The van der Waals surface area contributed by atoms with E-state index in [2.05, 4.69) is 30.8 Å². The van der Waals surface area contributed by atoms with E-state index in [0.717, 1.165) is 6.54 Å². The lowest BCUT2D eigenvalue weighted by Gasteiger charge is -2.28. The zero-order chi connectivity index (χ0) is 25.3. The van der Waals surface area contributed by atoms with Crippen molar-refractivity contribution in [1.29, 1.82) is 0 Å². The molecule has 5 heterocycles. The molecule has 0 aliphatic carbocycles. The zero-order valence-corrected chi connectivity index (χ0v) is 19.4. The number of carbonyl (C=O) groups is 1. The summed E-state index contributed by atoms with van der Waals surface area (Å²) in [5.41, 5.74) is 7.14. The maximum absolute atomic E-state index is 14.7. The number of rotatable bonds is 3. The largest absolute Gasteiger partial charge is 0.371 e. The summed E-state index contributed by atoms with van der Waals surface area (Å²) in [4.78, 5) is 22.2. The average molecular weight is 490 g/mol. The first-order valence-corrected chi connectivity index (χ1v) is 10.8. The number of anilines is 2. The molecule has 0 unspecified atom stereocenters. The van der Waals surface area contributed by atoms with Crippen LogP contribution < -0.4 is 16.4 Å². The number of nitrogens with one attached hydrogen (secondary N) is 2. The Morgan fingerprint density at radius 1 is 1.23 bits per heavy atom. The fraction of sp³-hybridized carbons (Fsp3) is 0.381. The number of hydrogen-bond donors (Lipinski definition) is 3. The maximum Gasteiger partial charge on any atom is 0.260 e. The van der Waals surface area contributed by atoms with Gasteiger partial charge in [0.15, 0.2) is 17.3 Å². The van der Waals surface area contributed by atoms with E-state index in [1.54, 1.807) is 31.3 Å². The van der Waals surface area contributed by atoms with Gasteiger partial charge in [0.25, 0.3) is 11.8 Å². The molecule has 186 valence electrons. The molecule has 1 aliphatic heterocycles. The van der Waals surface area contributed by atoms with E-state index >= 15 is 0 Å². The van der Waals surface area contributed by atoms with E-state index < -0.39 is 11.7 Å². The van der Waals surface area contributed by atoms with E-state index in [1.165, 1.54) is 28.5 Å². The quantitative estimate of drug-likeness (QED) is 0.397. The summed E-state index contributed by atoms with van der Waals surface area (Å²) in [6, 6.07) is 1.60. The average Bonchev–Trinajstić information content (AvgIpc) is 3.37. The van der Waals surface area contributed by atoms with Crippen molar-refractivity contribution in [2.45, 2.75) is 18.8 Å². The number of fused-ring (bicyclic) bond motifs is 2. The second kappa shape index (κ2) is 9.37. The molecule has 1 aliphatic rings. The van der Waals surface area contributed by atoms with Crippen molar-refractivity contribution in [3.63, 3.8) is 0 Å². The Morgan fingerprint density at radius 2 is 2.00 bits per heavy atom. The fourth-order valence-electron chi connectivity index (χ4n) is 3.95. The van der Waals surface area contributed by atoms with Crippen LogP contribution in [-0.4, -0.2) is 80.2 Å². The van der Waals surface area contributed by atoms with Crippen molar-refractivity contribution in [2.24, 2.45) is 0 Å².